The summed E-state index contributed by atoms with van der Waals surface area (Å²) in [5.41, 5.74) is 3.52. The average Bonchev–Trinajstić information content (AvgIpc) is 3.25. The molecule has 0 N–H and O–H groups in total. The van der Waals surface area contributed by atoms with Crippen LogP contribution in [0.3, 0.4) is 0 Å². The summed E-state index contributed by atoms with van der Waals surface area (Å²) in [6.45, 7) is 0.973. The fraction of sp³-hybridized carbons (Fsp3) is 0.167. The van der Waals surface area contributed by atoms with Crippen LogP contribution in [0, 0.1) is 5.82 Å². The van der Waals surface area contributed by atoms with Gasteiger partial charge in [-0.2, -0.15) is 0 Å². The van der Waals surface area contributed by atoms with Crippen LogP contribution in [-0.2, 0) is 22.7 Å². The zero-order valence-electron chi connectivity index (χ0n) is 15.9. The summed E-state index contributed by atoms with van der Waals surface area (Å²) in [4.78, 5) is 20.5. The van der Waals surface area contributed by atoms with E-state index in [1.165, 1.54) is 12.1 Å². The zero-order valence-corrected chi connectivity index (χ0v) is 15.9. The Morgan fingerprint density at radius 3 is 2.00 bits per heavy atom. The van der Waals surface area contributed by atoms with Gasteiger partial charge in [-0.25, -0.2) is 4.39 Å². The quantitative estimate of drug-likeness (QED) is 0.622. The Balaban J connectivity index is 1.49. The molecular formula is C24H21FN2O2. The second kappa shape index (κ2) is 8.69. The van der Waals surface area contributed by atoms with Gasteiger partial charge in [-0.05, 0) is 28.8 Å². The highest BCUT2D eigenvalue weighted by atomic mass is 19.1. The van der Waals surface area contributed by atoms with E-state index in [1.54, 1.807) is 17.0 Å². The van der Waals surface area contributed by atoms with Gasteiger partial charge in [0.15, 0.2) is 0 Å². The van der Waals surface area contributed by atoms with E-state index in [0.717, 1.165) is 16.7 Å². The Bertz CT molecular complexity index is 947. The van der Waals surface area contributed by atoms with Crippen molar-refractivity contribution in [2.45, 2.75) is 25.6 Å². The van der Waals surface area contributed by atoms with E-state index in [9.17, 15) is 9.18 Å². The van der Waals surface area contributed by atoms with Crippen molar-refractivity contribution in [1.82, 2.24) is 4.90 Å². The number of hydrogen-bond acceptors (Lipinski definition) is 3. The van der Waals surface area contributed by atoms with Crippen molar-refractivity contribution >= 4 is 11.6 Å². The normalized spacial score (nSPS) is 15.5. The third-order valence-electron chi connectivity index (χ3n) is 4.87. The molecule has 4 nitrogen and oxygen atoms in total. The number of benzene rings is 3. The molecule has 0 saturated carbocycles. The molecule has 0 unspecified atom stereocenters. The Morgan fingerprint density at radius 1 is 0.897 bits per heavy atom. The molecule has 3 aromatic rings. The minimum atomic E-state index is -0.678. The molecule has 0 aliphatic carbocycles. The van der Waals surface area contributed by atoms with Crippen molar-refractivity contribution in [2.24, 2.45) is 5.16 Å². The highest BCUT2D eigenvalue weighted by Crippen LogP contribution is 2.21. The second-order valence-corrected chi connectivity index (χ2v) is 7.01. The van der Waals surface area contributed by atoms with Crippen molar-refractivity contribution in [1.29, 1.82) is 0 Å². The number of halogens is 1. The Hall–Kier alpha value is -3.47. The predicted octanol–water partition coefficient (Wildman–Crippen LogP) is 4.55. The van der Waals surface area contributed by atoms with Crippen LogP contribution >= 0.6 is 0 Å². The third-order valence-corrected chi connectivity index (χ3v) is 4.87. The van der Waals surface area contributed by atoms with Gasteiger partial charge in [0.05, 0.1) is 5.71 Å². The molecule has 146 valence electrons. The second-order valence-electron chi connectivity index (χ2n) is 7.01. The smallest absolute Gasteiger partial charge is 0.267 e. The first-order chi connectivity index (χ1) is 14.2. The number of oxime groups is 1. The molecule has 0 radical (unpaired) electrons. The van der Waals surface area contributed by atoms with Crippen LogP contribution in [0.2, 0.25) is 0 Å². The number of amides is 1. The molecule has 1 atom stereocenters. The van der Waals surface area contributed by atoms with Gasteiger partial charge in [0.2, 0.25) is 6.10 Å². The molecule has 1 aliphatic rings. The van der Waals surface area contributed by atoms with Crippen LogP contribution in [0.15, 0.2) is 90.1 Å². The molecule has 0 spiro atoms. The van der Waals surface area contributed by atoms with E-state index in [2.05, 4.69) is 5.16 Å². The molecule has 1 amide bonds. The summed E-state index contributed by atoms with van der Waals surface area (Å²) in [5, 5.41) is 4.08. The van der Waals surface area contributed by atoms with Crippen LogP contribution in [0.4, 0.5) is 4.39 Å². The number of carbonyl (C=O) groups excluding carboxylic acids is 1. The maximum Gasteiger partial charge on any atom is 0.267 e. The van der Waals surface area contributed by atoms with Crippen molar-refractivity contribution < 1.29 is 14.0 Å². The van der Waals surface area contributed by atoms with E-state index in [1.807, 2.05) is 60.7 Å². The summed E-state index contributed by atoms with van der Waals surface area (Å²) < 4.78 is 13.2. The van der Waals surface area contributed by atoms with Gasteiger partial charge < -0.3 is 9.74 Å². The van der Waals surface area contributed by atoms with Crippen molar-refractivity contribution in [2.75, 3.05) is 0 Å². The largest absolute Gasteiger partial charge is 0.382 e. The number of hydrogen-bond donors (Lipinski definition) is 0. The molecule has 5 heteroatoms. The summed E-state index contributed by atoms with van der Waals surface area (Å²) >= 11 is 0. The molecule has 29 heavy (non-hydrogen) atoms. The van der Waals surface area contributed by atoms with E-state index < -0.39 is 6.10 Å². The highest BCUT2D eigenvalue weighted by Gasteiger charge is 2.32. The molecule has 0 saturated heterocycles. The summed E-state index contributed by atoms with van der Waals surface area (Å²) in [6, 6.07) is 25.8. The van der Waals surface area contributed by atoms with Crippen LogP contribution in [-0.4, -0.2) is 22.6 Å². The van der Waals surface area contributed by atoms with Crippen LogP contribution in [0.1, 0.15) is 23.1 Å². The van der Waals surface area contributed by atoms with Gasteiger partial charge in [0.25, 0.3) is 5.91 Å². The van der Waals surface area contributed by atoms with Gasteiger partial charge in [-0.15, -0.1) is 0 Å². The lowest BCUT2D eigenvalue weighted by Crippen LogP contribution is -2.38. The highest BCUT2D eigenvalue weighted by molar-refractivity contribution is 6.04. The molecule has 0 aromatic heterocycles. The first-order valence-electron chi connectivity index (χ1n) is 9.54. The molecule has 0 bridgehead atoms. The lowest BCUT2D eigenvalue weighted by Gasteiger charge is -2.25. The summed E-state index contributed by atoms with van der Waals surface area (Å²) in [5.74, 6) is -0.420. The third kappa shape index (κ3) is 4.69. The summed E-state index contributed by atoms with van der Waals surface area (Å²) in [7, 11) is 0. The molecule has 4 rings (SSSR count). The molecule has 0 fully saturated rings. The monoisotopic (exact) mass is 388 g/mol. The average molecular weight is 388 g/mol. The van der Waals surface area contributed by atoms with E-state index in [0.29, 0.717) is 25.2 Å². The first-order valence-corrected chi connectivity index (χ1v) is 9.54. The van der Waals surface area contributed by atoms with Gasteiger partial charge in [-0.1, -0.05) is 78.0 Å². The minimum Gasteiger partial charge on any atom is -0.382 e. The number of nitrogens with zero attached hydrogens (tertiary/aromatic N) is 2. The Kier molecular flexibility index (Phi) is 5.66. The van der Waals surface area contributed by atoms with Gasteiger partial charge in [-0.3, -0.25) is 4.79 Å². The number of carbonyl (C=O) groups is 1. The minimum absolute atomic E-state index is 0.112. The maximum atomic E-state index is 13.3. The topological polar surface area (TPSA) is 41.9 Å². The number of rotatable bonds is 6. The van der Waals surface area contributed by atoms with E-state index in [-0.39, 0.29) is 11.7 Å². The molecule has 3 aromatic carbocycles. The van der Waals surface area contributed by atoms with E-state index >= 15 is 0 Å². The Labute approximate surface area is 169 Å². The Morgan fingerprint density at radius 2 is 1.45 bits per heavy atom. The summed E-state index contributed by atoms with van der Waals surface area (Å²) in [6.07, 6.45) is -0.313. The SMILES string of the molecule is O=C([C@@H]1CC(c2ccc(F)cc2)=NO1)N(Cc1ccccc1)Cc1ccccc1. The lowest BCUT2D eigenvalue weighted by atomic mass is 10.0. The van der Waals surface area contributed by atoms with Crippen LogP contribution < -0.4 is 0 Å². The van der Waals surface area contributed by atoms with Crippen LogP contribution in [0.25, 0.3) is 0 Å². The van der Waals surface area contributed by atoms with Crippen molar-refractivity contribution in [3.05, 3.63) is 107 Å². The van der Waals surface area contributed by atoms with Gasteiger partial charge in [0, 0.05) is 19.5 Å². The van der Waals surface area contributed by atoms with Crippen molar-refractivity contribution in [3.63, 3.8) is 0 Å². The predicted molar refractivity (Wildman–Crippen MR) is 110 cm³/mol. The lowest BCUT2D eigenvalue weighted by molar-refractivity contribution is -0.143. The zero-order chi connectivity index (χ0) is 20.1. The first kappa shape index (κ1) is 18.9. The van der Waals surface area contributed by atoms with Gasteiger partial charge >= 0.3 is 0 Å². The molecular weight excluding hydrogens is 367 g/mol. The van der Waals surface area contributed by atoms with Crippen molar-refractivity contribution in [3.8, 4) is 0 Å². The fourth-order valence-corrected chi connectivity index (χ4v) is 3.35. The standard InChI is InChI=1S/C24H21FN2O2/c25-21-13-11-20(12-14-21)22-15-23(29-26-22)24(28)27(16-18-7-3-1-4-8-18)17-19-9-5-2-6-10-19/h1-14,23H,15-17H2/t23-/m0/s1. The molecule has 1 aliphatic heterocycles. The van der Waals surface area contributed by atoms with Crippen LogP contribution in [0.5, 0.6) is 0 Å². The van der Waals surface area contributed by atoms with Gasteiger partial charge in [0.1, 0.15) is 5.82 Å². The van der Waals surface area contributed by atoms with E-state index in [4.69, 9.17) is 4.84 Å². The maximum absolute atomic E-state index is 13.3. The molecule has 1 heterocycles. The fourth-order valence-electron chi connectivity index (χ4n) is 3.35.